The Bertz CT molecular complexity index is 293. The number of allylic oxidation sites excluding steroid dienone is 1. The van der Waals surface area contributed by atoms with Gasteiger partial charge in [-0.1, -0.05) is 109 Å². The summed E-state index contributed by atoms with van der Waals surface area (Å²) in [5.41, 5.74) is 0. The van der Waals surface area contributed by atoms with Crippen LogP contribution in [0, 0.1) is 0 Å². The maximum atomic E-state index is 10.2. The van der Waals surface area contributed by atoms with Crippen molar-refractivity contribution >= 4 is 11.4 Å². The van der Waals surface area contributed by atoms with E-state index in [0.717, 1.165) is 6.42 Å². The van der Waals surface area contributed by atoms with Crippen LogP contribution in [0.2, 0.25) is 0 Å². The number of hydrogen-bond donors (Lipinski definition) is 1. The van der Waals surface area contributed by atoms with Crippen LogP contribution in [-0.2, 0) is 15.5 Å². The third-order valence-corrected chi connectivity index (χ3v) is 4.74. The van der Waals surface area contributed by atoms with Crippen molar-refractivity contribution in [1.82, 2.24) is 0 Å². The molecule has 0 rings (SSSR count). The molecule has 0 aromatic carbocycles. The largest absolute Gasteiger partial charge is 0.302 e. The van der Waals surface area contributed by atoms with E-state index in [1.165, 1.54) is 96.3 Å². The Balaban J connectivity index is 3.04. The molecule has 0 bridgehead atoms. The summed E-state index contributed by atoms with van der Waals surface area (Å²) < 4.78 is 23.2. The van der Waals surface area contributed by atoms with Gasteiger partial charge in [0.25, 0.3) is 0 Å². The fraction of sp³-hybridized carbons (Fsp3) is 0.900. The molecule has 4 heteroatoms. The molecule has 0 heterocycles. The molecule has 144 valence electrons. The highest BCUT2D eigenvalue weighted by Gasteiger charge is 1.94. The lowest BCUT2D eigenvalue weighted by Crippen LogP contribution is -1.93. The van der Waals surface area contributed by atoms with Crippen LogP contribution in [0.5, 0.6) is 0 Å². The lowest BCUT2D eigenvalue weighted by atomic mass is 10.0. The zero-order valence-electron chi connectivity index (χ0n) is 15.8. The van der Waals surface area contributed by atoms with Crippen LogP contribution in [0.15, 0.2) is 12.2 Å². The van der Waals surface area contributed by atoms with Gasteiger partial charge in [-0.15, -0.1) is 0 Å². The molecule has 0 fully saturated rings. The molecule has 0 spiro atoms. The molecule has 0 aromatic heterocycles. The summed E-state index contributed by atoms with van der Waals surface area (Å²) in [6, 6.07) is 0. The molecule has 0 saturated carbocycles. The minimum Gasteiger partial charge on any atom is -0.284 e. The van der Waals surface area contributed by atoms with E-state index in [0.29, 0.717) is 0 Å². The van der Waals surface area contributed by atoms with Gasteiger partial charge in [0.05, 0.1) is 6.61 Å². The van der Waals surface area contributed by atoms with Crippen molar-refractivity contribution in [3.63, 3.8) is 0 Å². The van der Waals surface area contributed by atoms with Crippen LogP contribution < -0.4 is 0 Å². The quantitative estimate of drug-likeness (QED) is 0.154. The van der Waals surface area contributed by atoms with Gasteiger partial charge in [-0.3, -0.25) is 8.74 Å². The van der Waals surface area contributed by atoms with Crippen LogP contribution in [0.1, 0.15) is 110 Å². The fourth-order valence-electron chi connectivity index (χ4n) is 2.92. The van der Waals surface area contributed by atoms with Crippen LogP contribution in [0.4, 0.5) is 0 Å². The Hall–Kier alpha value is -0.190. The van der Waals surface area contributed by atoms with Gasteiger partial charge in [0.15, 0.2) is 0 Å². The van der Waals surface area contributed by atoms with Crippen LogP contribution in [0.3, 0.4) is 0 Å². The second kappa shape index (κ2) is 20.9. The van der Waals surface area contributed by atoms with E-state index < -0.39 is 11.4 Å². The van der Waals surface area contributed by atoms with E-state index in [1.807, 2.05) is 12.2 Å². The van der Waals surface area contributed by atoms with Crippen LogP contribution >= 0.6 is 0 Å². The molecular formula is C20H40O3S. The first kappa shape index (κ1) is 23.8. The van der Waals surface area contributed by atoms with Gasteiger partial charge in [-0.25, -0.2) is 0 Å². The Morgan fingerprint density at radius 3 is 1.54 bits per heavy atom. The summed E-state index contributed by atoms with van der Waals surface area (Å²) in [7, 11) is 0. The van der Waals surface area contributed by atoms with E-state index in [1.54, 1.807) is 0 Å². The van der Waals surface area contributed by atoms with Gasteiger partial charge < -0.3 is 0 Å². The highest BCUT2D eigenvalue weighted by atomic mass is 32.2. The number of hydrogen-bond acceptors (Lipinski definition) is 2. The molecular weight excluding hydrogens is 320 g/mol. The molecule has 3 nitrogen and oxygen atoms in total. The minimum atomic E-state index is -2.14. The summed E-state index contributed by atoms with van der Waals surface area (Å²) in [6.45, 7) is 2.50. The predicted octanol–water partition coefficient (Wildman–Crippen LogP) is 6.96. The molecule has 0 aliphatic heterocycles. The monoisotopic (exact) mass is 360 g/mol. The normalized spacial score (nSPS) is 12.9. The van der Waals surface area contributed by atoms with Crippen LogP contribution in [-0.4, -0.2) is 15.4 Å². The fourth-order valence-corrected chi connectivity index (χ4v) is 3.11. The van der Waals surface area contributed by atoms with Gasteiger partial charge in [-0.2, -0.15) is 4.21 Å². The van der Waals surface area contributed by atoms with Gasteiger partial charge in [0.2, 0.25) is 0 Å². The maximum absolute atomic E-state index is 10.2. The van der Waals surface area contributed by atoms with E-state index in [2.05, 4.69) is 11.1 Å². The predicted molar refractivity (Wildman–Crippen MR) is 105 cm³/mol. The first-order valence-electron chi connectivity index (χ1n) is 10.2. The first-order chi connectivity index (χ1) is 11.8. The van der Waals surface area contributed by atoms with E-state index in [-0.39, 0.29) is 6.61 Å². The zero-order valence-corrected chi connectivity index (χ0v) is 16.7. The number of rotatable bonds is 19. The molecule has 0 saturated heterocycles. The van der Waals surface area contributed by atoms with Crippen molar-refractivity contribution in [3.05, 3.63) is 12.2 Å². The summed E-state index contributed by atoms with van der Waals surface area (Å²) >= 11 is -2.14. The van der Waals surface area contributed by atoms with Crippen molar-refractivity contribution in [1.29, 1.82) is 0 Å². The van der Waals surface area contributed by atoms with Crippen molar-refractivity contribution in [2.45, 2.75) is 110 Å². The van der Waals surface area contributed by atoms with Gasteiger partial charge in [-0.05, 0) is 12.8 Å². The first-order valence-corrected chi connectivity index (χ1v) is 11.2. The Morgan fingerprint density at radius 2 is 1.12 bits per heavy atom. The topological polar surface area (TPSA) is 46.5 Å². The molecule has 1 atom stereocenters. The van der Waals surface area contributed by atoms with Crippen molar-refractivity contribution < 1.29 is 12.9 Å². The smallest absolute Gasteiger partial charge is 0.284 e. The lowest BCUT2D eigenvalue weighted by molar-refractivity contribution is 0.342. The van der Waals surface area contributed by atoms with Gasteiger partial charge in [0.1, 0.15) is 0 Å². The summed E-state index contributed by atoms with van der Waals surface area (Å²) in [4.78, 5) is 0. The van der Waals surface area contributed by atoms with E-state index >= 15 is 0 Å². The second-order valence-corrected chi connectivity index (χ2v) is 7.38. The van der Waals surface area contributed by atoms with Gasteiger partial charge >= 0.3 is 11.4 Å². The summed E-state index contributed by atoms with van der Waals surface area (Å²) in [5.74, 6) is 0. The highest BCUT2D eigenvalue weighted by molar-refractivity contribution is 7.74. The Morgan fingerprint density at radius 1 is 0.708 bits per heavy atom. The van der Waals surface area contributed by atoms with Crippen molar-refractivity contribution in [2.75, 3.05) is 6.61 Å². The van der Waals surface area contributed by atoms with E-state index in [4.69, 9.17) is 4.55 Å². The van der Waals surface area contributed by atoms with Crippen molar-refractivity contribution in [2.24, 2.45) is 0 Å². The summed E-state index contributed by atoms with van der Waals surface area (Å²) in [6.07, 6.45) is 25.7. The molecule has 0 amide bonds. The molecule has 0 aliphatic rings. The molecule has 1 N–H and O–H groups in total. The SMILES string of the molecule is CCCCCCCCCCCCCCCCCC=CCOS(=O)O. The lowest BCUT2D eigenvalue weighted by Gasteiger charge is -2.03. The summed E-state index contributed by atoms with van der Waals surface area (Å²) in [5, 5.41) is 0. The average Bonchev–Trinajstić information content (AvgIpc) is 2.56. The average molecular weight is 361 g/mol. The molecule has 0 aromatic rings. The minimum absolute atomic E-state index is 0.224. The van der Waals surface area contributed by atoms with Crippen molar-refractivity contribution in [3.8, 4) is 0 Å². The second-order valence-electron chi connectivity index (χ2n) is 6.71. The standard InChI is InChI=1S/C20H40O3S/c1-2-3-4-5-6-7-8-9-10-11-12-13-14-15-16-17-18-19-20-23-24(21)22/h18-19H,2-17,20H2,1H3,(H,21,22). The van der Waals surface area contributed by atoms with E-state index in [9.17, 15) is 4.21 Å². The molecule has 0 radical (unpaired) electrons. The maximum Gasteiger partial charge on any atom is 0.302 e. The Labute approximate surface area is 153 Å². The third-order valence-electron chi connectivity index (χ3n) is 4.41. The highest BCUT2D eigenvalue weighted by Crippen LogP contribution is 2.13. The number of unbranched alkanes of at least 4 members (excludes halogenated alkanes) is 15. The molecule has 24 heavy (non-hydrogen) atoms. The van der Waals surface area contributed by atoms with Gasteiger partial charge in [0, 0.05) is 0 Å². The zero-order chi connectivity index (χ0) is 17.7. The molecule has 0 aliphatic carbocycles. The van der Waals surface area contributed by atoms with Crippen LogP contribution in [0.25, 0.3) is 0 Å². The molecule has 1 unspecified atom stereocenters. The Kier molecular flexibility index (Phi) is 20.7. The third kappa shape index (κ3) is 21.8.